The number of amides is 1. The van der Waals surface area contributed by atoms with Gasteiger partial charge in [-0.1, -0.05) is 0 Å². The van der Waals surface area contributed by atoms with Gasteiger partial charge >= 0.3 is 0 Å². The van der Waals surface area contributed by atoms with Crippen LogP contribution in [0.1, 0.15) is 24.8 Å². The van der Waals surface area contributed by atoms with Crippen molar-refractivity contribution in [2.24, 2.45) is 5.92 Å². The van der Waals surface area contributed by atoms with Crippen LogP contribution in [0, 0.1) is 17.2 Å². The number of ether oxygens (including phenoxy) is 1. The van der Waals surface area contributed by atoms with Gasteiger partial charge in [0, 0.05) is 0 Å². The molecular formula is C14H14N2O4S. The number of sulfonamides is 1. The first-order valence-electron chi connectivity index (χ1n) is 6.72. The van der Waals surface area contributed by atoms with E-state index in [0.717, 1.165) is 12.8 Å². The monoisotopic (exact) mass is 306 g/mol. The molecule has 21 heavy (non-hydrogen) atoms. The Morgan fingerprint density at radius 3 is 2.52 bits per heavy atom. The lowest BCUT2D eigenvalue weighted by molar-refractivity contribution is -0.124. The van der Waals surface area contributed by atoms with E-state index >= 15 is 0 Å². The van der Waals surface area contributed by atoms with Crippen LogP contribution >= 0.6 is 0 Å². The molecule has 0 aliphatic carbocycles. The van der Waals surface area contributed by atoms with Crippen LogP contribution in [0.3, 0.4) is 0 Å². The zero-order valence-electron chi connectivity index (χ0n) is 11.2. The van der Waals surface area contributed by atoms with Crippen LogP contribution in [0.4, 0.5) is 0 Å². The van der Waals surface area contributed by atoms with Gasteiger partial charge < -0.3 is 4.74 Å². The van der Waals surface area contributed by atoms with Crippen molar-refractivity contribution >= 4 is 15.9 Å². The highest BCUT2D eigenvalue weighted by Gasteiger charge is 2.45. The van der Waals surface area contributed by atoms with Gasteiger partial charge in [0.05, 0.1) is 34.7 Å². The second-order valence-electron chi connectivity index (χ2n) is 5.32. The topological polar surface area (TPSA) is 96.3 Å². The van der Waals surface area contributed by atoms with E-state index in [1.165, 1.54) is 24.3 Å². The SMILES string of the molecule is N#Cc1ccc(S(=O)(=O)NC(=O)[C@H]2C[C@H]3CC[C@H]2O3)cc1. The summed E-state index contributed by atoms with van der Waals surface area (Å²) in [5.41, 5.74) is 0.363. The Morgan fingerprint density at radius 2 is 2.00 bits per heavy atom. The summed E-state index contributed by atoms with van der Waals surface area (Å²) in [7, 11) is -3.90. The quantitative estimate of drug-likeness (QED) is 0.896. The molecule has 0 spiro atoms. The third-order valence-electron chi connectivity index (χ3n) is 3.97. The van der Waals surface area contributed by atoms with Gasteiger partial charge in [0.25, 0.3) is 10.0 Å². The Morgan fingerprint density at radius 1 is 1.29 bits per heavy atom. The summed E-state index contributed by atoms with van der Waals surface area (Å²) in [5.74, 6) is -0.900. The van der Waals surface area contributed by atoms with E-state index < -0.39 is 21.8 Å². The minimum absolute atomic E-state index is 0.0288. The van der Waals surface area contributed by atoms with Gasteiger partial charge in [0.2, 0.25) is 5.91 Å². The molecule has 0 aromatic heterocycles. The molecule has 1 N–H and O–H groups in total. The van der Waals surface area contributed by atoms with Crippen molar-refractivity contribution in [1.82, 2.24) is 4.72 Å². The molecule has 2 heterocycles. The van der Waals surface area contributed by atoms with Crippen LogP contribution < -0.4 is 4.72 Å². The molecule has 1 amide bonds. The van der Waals surface area contributed by atoms with Crippen molar-refractivity contribution in [3.05, 3.63) is 29.8 Å². The fraction of sp³-hybridized carbons (Fsp3) is 0.429. The van der Waals surface area contributed by atoms with Crippen molar-refractivity contribution in [3.63, 3.8) is 0 Å². The molecule has 1 aromatic carbocycles. The van der Waals surface area contributed by atoms with Crippen molar-refractivity contribution in [1.29, 1.82) is 5.26 Å². The first-order chi connectivity index (χ1) is 9.99. The Kier molecular flexibility index (Phi) is 3.43. The fourth-order valence-corrected chi connectivity index (χ4v) is 3.92. The molecule has 1 aromatic rings. The highest BCUT2D eigenvalue weighted by molar-refractivity contribution is 7.90. The Balaban J connectivity index is 1.73. The van der Waals surface area contributed by atoms with Crippen molar-refractivity contribution in [3.8, 4) is 6.07 Å². The van der Waals surface area contributed by atoms with E-state index in [0.29, 0.717) is 12.0 Å². The van der Waals surface area contributed by atoms with E-state index in [1.807, 2.05) is 6.07 Å². The third kappa shape index (κ3) is 2.64. The summed E-state index contributed by atoms with van der Waals surface area (Å²) in [6.07, 6.45) is 2.25. The Hall–Kier alpha value is -1.91. The number of carbonyl (C=O) groups is 1. The minimum Gasteiger partial charge on any atom is -0.374 e. The standard InChI is InChI=1S/C14H14N2O4S/c15-8-9-1-4-11(5-2-9)21(18,19)16-14(17)12-7-10-3-6-13(12)20-10/h1-2,4-5,10,12-13H,3,6-7H2,(H,16,17)/t10-,12+,13-/m1/s1. The highest BCUT2D eigenvalue weighted by atomic mass is 32.2. The molecule has 0 unspecified atom stereocenters. The number of rotatable bonds is 3. The van der Waals surface area contributed by atoms with Crippen molar-refractivity contribution in [2.45, 2.75) is 36.4 Å². The minimum atomic E-state index is -3.90. The number of nitriles is 1. The molecule has 2 saturated heterocycles. The third-order valence-corrected chi connectivity index (χ3v) is 5.33. The van der Waals surface area contributed by atoms with Gasteiger partial charge in [-0.2, -0.15) is 5.26 Å². The normalized spacial score (nSPS) is 27.3. The number of benzene rings is 1. The molecule has 110 valence electrons. The highest BCUT2D eigenvalue weighted by Crippen LogP contribution is 2.38. The number of hydrogen-bond donors (Lipinski definition) is 1. The van der Waals surface area contributed by atoms with Gasteiger partial charge in [0.1, 0.15) is 0 Å². The predicted molar refractivity (Wildman–Crippen MR) is 72.5 cm³/mol. The van der Waals surface area contributed by atoms with Gasteiger partial charge in [-0.05, 0) is 43.5 Å². The van der Waals surface area contributed by atoms with Crippen LogP contribution in [0.2, 0.25) is 0 Å². The summed E-state index contributed by atoms with van der Waals surface area (Å²) in [6, 6.07) is 7.34. The maximum atomic E-state index is 12.1. The van der Waals surface area contributed by atoms with Crippen LogP contribution in [0.25, 0.3) is 0 Å². The molecule has 3 atom stereocenters. The summed E-state index contributed by atoms with van der Waals surface area (Å²) in [6.45, 7) is 0. The summed E-state index contributed by atoms with van der Waals surface area (Å²) >= 11 is 0. The average molecular weight is 306 g/mol. The van der Waals surface area contributed by atoms with E-state index in [-0.39, 0.29) is 17.1 Å². The van der Waals surface area contributed by atoms with Gasteiger partial charge in [-0.15, -0.1) is 0 Å². The molecule has 2 fully saturated rings. The number of hydrogen-bond acceptors (Lipinski definition) is 5. The summed E-state index contributed by atoms with van der Waals surface area (Å²) in [4.78, 5) is 12.1. The zero-order chi connectivity index (χ0) is 15.0. The summed E-state index contributed by atoms with van der Waals surface area (Å²) < 4.78 is 32.0. The van der Waals surface area contributed by atoms with E-state index in [2.05, 4.69) is 4.72 Å². The van der Waals surface area contributed by atoms with Gasteiger partial charge in [0.15, 0.2) is 0 Å². The lowest BCUT2D eigenvalue weighted by Gasteiger charge is -2.17. The molecular weight excluding hydrogens is 292 g/mol. The lowest BCUT2D eigenvalue weighted by Crippen LogP contribution is -2.39. The predicted octanol–water partition coefficient (Wildman–Crippen LogP) is 0.931. The Labute approximate surface area is 122 Å². The molecule has 7 heteroatoms. The molecule has 0 saturated carbocycles. The van der Waals surface area contributed by atoms with Crippen LogP contribution in [-0.4, -0.2) is 26.5 Å². The Bertz CT molecular complexity index is 705. The summed E-state index contributed by atoms with van der Waals surface area (Å²) in [5, 5.41) is 8.70. The molecule has 3 rings (SSSR count). The second-order valence-corrected chi connectivity index (χ2v) is 7.00. The molecule has 6 nitrogen and oxygen atoms in total. The largest absolute Gasteiger partial charge is 0.374 e. The van der Waals surface area contributed by atoms with E-state index in [4.69, 9.17) is 10.00 Å². The van der Waals surface area contributed by atoms with Gasteiger partial charge in [-0.3, -0.25) is 4.79 Å². The smallest absolute Gasteiger partial charge is 0.264 e. The van der Waals surface area contributed by atoms with Crippen molar-refractivity contribution in [2.75, 3.05) is 0 Å². The van der Waals surface area contributed by atoms with Crippen LogP contribution in [0.15, 0.2) is 29.2 Å². The number of fused-ring (bicyclic) bond motifs is 2. The molecule has 2 aliphatic heterocycles. The number of carbonyl (C=O) groups excluding carboxylic acids is 1. The zero-order valence-corrected chi connectivity index (χ0v) is 12.0. The van der Waals surface area contributed by atoms with Crippen molar-refractivity contribution < 1.29 is 17.9 Å². The second kappa shape index (κ2) is 5.13. The molecule has 0 radical (unpaired) electrons. The first kappa shape index (κ1) is 14.0. The maximum absolute atomic E-state index is 12.1. The molecule has 2 bridgehead atoms. The average Bonchev–Trinajstić information content (AvgIpc) is 3.09. The maximum Gasteiger partial charge on any atom is 0.264 e. The van der Waals surface area contributed by atoms with E-state index in [9.17, 15) is 13.2 Å². The number of nitrogens with zero attached hydrogens (tertiary/aromatic N) is 1. The van der Waals surface area contributed by atoms with Gasteiger partial charge in [-0.25, -0.2) is 13.1 Å². The molecule has 2 aliphatic rings. The van der Waals surface area contributed by atoms with Crippen LogP contribution in [0.5, 0.6) is 0 Å². The van der Waals surface area contributed by atoms with E-state index in [1.54, 1.807) is 0 Å². The fourth-order valence-electron chi connectivity index (χ4n) is 2.89. The lowest BCUT2D eigenvalue weighted by atomic mass is 9.89. The number of nitrogens with one attached hydrogen (secondary N) is 1. The van der Waals surface area contributed by atoms with Crippen LogP contribution in [-0.2, 0) is 19.6 Å². The first-order valence-corrected chi connectivity index (χ1v) is 8.20.